The maximum atomic E-state index is 6.08. The lowest BCUT2D eigenvalue weighted by molar-refractivity contribution is 0.0400. The van der Waals surface area contributed by atoms with Gasteiger partial charge in [-0.05, 0) is 77.0 Å². The van der Waals surface area contributed by atoms with Crippen LogP contribution in [0.1, 0.15) is 37.7 Å². The van der Waals surface area contributed by atoms with E-state index >= 15 is 0 Å². The van der Waals surface area contributed by atoms with Gasteiger partial charge >= 0.3 is 0 Å². The molecular formula is C21H34N2O2. The second kappa shape index (κ2) is 9.02. The molecule has 0 atom stereocenters. The minimum absolute atomic E-state index is 0.191. The highest BCUT2D eigenvalue weighted by atomic mass is 16.5. The third-order valence-corrected chi connectivity index (χ3v) is 5.60. The highest BCUT2D eigenvalue weighted by molar-refractivity contribution is 5.35. The number of likely N-dealkylation sites (N-methyl/N-ethyl adjacent to an activating group) is 1. The van der Waals surface area contributed by atoms with Gasteiger partial charge in [-0.3, -0.25) is 0 Å². The summed E-state index contributed by atoms with van der Waals surface area (Å²) in [6, 6.07) is 8.79. The Morgan fingerprint density at radius 1 is 1.16 bits per heavy atom. The van der Waals surface area contributed by atoms with E-state index in [1.165, 1.54) is 38.0 Å². The zero-order valence-corrected chi connectivity index (χ0v) is 16.0. The molecule has 0 aliphatic carbocycles. The van der Waals surface area contributed by atoms with Crippen LogP contribution in [0.4, 0.5) is 0 Å². The molecule has 4 heteroatoms. The Morgan fingerprint density at radius 2 is 1.92 bits per heavy atom. The van der Waals surface area contributed by atoms with Crippen molar-refractivity contribution in [3.05, 3.63) is 29.8 Å². The van der Waals surface area contributed by atoms with Gasteiger partial charge in [-0.2, -0.15) is 0 Å². The molecule has 2 aliphatic rings. The Labute approximate surface area is 153 Å². The number of ether oxygens (including phenoxy) is 2. The van der Waals surface area contributed by atoms with Crippen LogP contribution in [0.15, 0.2) is 24.3 Å². The standard InChI is InChI=1S/C21H34N2O2/c1-22(2)18-21(9-15-24-16-10-21)19-7-5-8-20(17-19)25-14-6-13-23-11-3-4-12-23/h5,7-8,17H,3-4,6,9-16,18H2,1-2H3. The molecule has 1 aromatic carbocycles. The molecule has 1 aromatic rings. The van der Waals surface area contributed by atoms with Crippen LogP contribution in [0.5, 0.6) is 5.75 Å². The van der Waals surface area contributed by atoms with Crippen molar-refractivity contribution >= 4 is 0 Å². The Kier molecular flexibility index (Phi) is 6.74. The maximum absolute atomic E-state index is 6.08. The van der Waals surface area contributed by atoms with Gasteiger partial charge in [0, 0.05) is 31.7 Å². The van der Waals surface area contributed by atoms with Crippen LogP contribution in [-0.4, -0.2) is 69.9 Å². The SMILES string of the molecule is CN(C)CC1(c2cccc(OCCCN3CCCC3)c2)CCOCC1. The molecule has 2 saturated heterocycles. The number of likely N-dealkylation sites (tertiary alicyclic amines) is 1. The summed E-state index contributed by atoms with van der Waals surface area (Å²) in [5.74, 6) is 1.02. The van der Waals surface area contributed by atoms with Crippen molar-refractivity contribution in [2.45, 2.75) is 37.5 Å². The molecule has 2 aliphatic heterocycles. The van der Waals surface area contributed by atoms with Gasteiger partial charge in [-0.15, -0.1) is 0 Å². The molecule has 0 radical (unpaired) electrons. The minimum Gasteiger partial charge on any atom is -0.494 e. The van der Waals surface area contributed by atoms with Crippen molar-refractivity contribution < 1.29 is 9.47 Å². The van der Waals surface area contributed by atoms with Gasteiger partial charge in [-0.25, -0.2) is 0 Å². The highest BCUT2D eigenvalue weighted by Gasteiger charge is 2.35. The van der Waals surface area contributed by atoms with Gasteiger partial charge < -0.3 is 19.3 Å². The van der Waals surface area contributed by atoms with Crippen LogP contribution in [-0.2, 0) is 10.2 Å². The molecule has 0 spiro atoms. The van der Waals surface area contributed by atoms with Crippen LogP contribution < -0.4 is 4.74 Å². The molecule has 0 bridgehead atoms. The monoisotopic (exact) mass is 346 g/mol. The average molecular weight is 347 g/mol. The van der Waals surface area contributed by atoms with Crippen molar-refractivity contribution in [2.24, 2.45) is 0 Å². The van der Waals surface area contributed by atoms with Gasteiger partial charge in [0.15, 0.2) is 0 Å². The number of benzene rings is 1. The van der Waals surface area contributed by atoms with E-state index in [2.05, 4.69) is 48.2 Å². The second-order valence-electron chi connectivity index (χ2n) is 7.91. The zero-order chi connectivity index (χ0) is 17.5. The summed E-state index contributed by atoms with van der Waals surface area (Å²) in [5, 5.41) is 0. The maximum Gasteiger partial charge on any atom is 0.119 e. The number of rotatable bonds is 8. The molecule has 0 aromatic heterocycles. The fraction of sp³-hybridized carbons (Fsp3) is 0.714. The van der Waals surface area contributed by atoms with Crippen LogP contribution in [0.2, 0.25) is 0 Å². The molecule has 2 fully saturated rings. The molecule has 140 valence electrons. The normalized spacial score (nSPS) is 20.9. The van der Waals surface area contributed by atoms with E-state index < -0.39 is 0 Å². The first-order valence-electron chi connectivity index (χ1n) is 9.86. The highest BCUT2D eigenvalue weighted by Crippen LogP contribution is 2.36. The summed E-state index contributed by atoms with van der Waals surface area (Å²) in [5.41, 5.74) is 1.60. The van der Waals surface area contributed by atoms with Crippen molar-refractivity contribution in [3.63, 3.8) is 0 Å². The Bertz CT molecular complexity index is 520. The lowest BCUT2D eigenvalue weighted by atomic mass is 9.74. The van der Waals surface area contributed by atoms with E-state index in [9.17, 15) is 0 Å². The third kappa shape index (κ3) is 5.19. The number of hydrogen-bond donors (Lipinski definition) is 0. The summed E-state index contributed by atoms with van der Waals surface area (Å²) in [7, 11) is 4.33. The summed E-state index contributed by atoms with van der Waals surface area (Å²) in [4.78, 5) is 4.85. The van der Waals surface area contributed by atoms with E-state index in [1.54, 1.807) is 0 Å². The number of hydrogen-bond acceptors (Lipinski definition) is 4. The van der Waals surface area contributed by atoms with E-state index in [0.717, 1.165) is 51.4 Å². The van der Waals surface area contributed by atoms with E-state index in [4.69, 9.17) is 9.47 Å². The smallest absolute Gasteiger partial charge is 0.119 e. The van der Waals surface area contributed by atoms with Gasteiger partial charge in [0.2, 0.25) is 0 Å². The summed E-state index contributed by atoms with van der Waals surface area (Å²) in [6.45, 7) is 7.29. The molecule has 0 saturated carbocycles. The Hall–Kier alpha value is -1.10. The molecule has 0 unspecified atom stereocenters. The summed E-state index contributed by atoms with van der Waals surface area (Å²) >= 11 is 0. The lowest BCUT2D eigenvalue weighted by Crippen LogP contribution is -2.42. The molecule has 4 nitrogen and oxygen atoms in total. The third-order valence-electron chi connectivity index (χ3n) is 5.60. The first kappa shape index (κ1) is 18.7. The predicted octanol–water partition coefficient (Wildman–Crippen LogP) is 3.16. The van der Waals surface area contributed by atoms with E-state index in [-0.39, 0.29) is 5.41 Å². The van der Waals surface area contributed by atoms with Gasteiger partial charge in [0.05, 0.1) is 6.61 Å². The predicted molar refractivity (Wildman–Crippen MR) is 103 cm³/mol. The molecular weight excluding hydrogens is 312 g/mol. The van der Waals surface area contributed by atoms with Crippen LogP contribution >= 0.6 is 0 Å². The molecule has 25 heavy (non-hydrogen) atoms. The van der Waals surface area contributed by atoms with Gasteiger partial charge in [-0.1, -0.05) is 12.1 Å². The first-order chi connectivity index (χ1) is 12.2. The Morgan fingerprint density at radius 3 is 2.64 bits per heavy atom. The van der Waals surface area contributed by atoms with Crippen LogP contribution in [0.3, 0.4) is 0 Å². The molecule has 0 amide bonds. The van der Waals surface area contributed by atoms with Crippen molar-refractivity contribution in [2.75, 3.05) is 60.1 Å². The number of nitrogens with zero attached hydrogens (tertiary/aromatic N) is 2. The summed E-state index contributed by atoms with van der Waals surface area (Å²) < 4.78 is 11.7. The van der Waals surface area contributed by atoms with Crippen molar-refractivity contribution in [1.82, 2.24) is 9.80 Å². The zero-order valence-electron chi connectivity index (χ0n) is 16.0. The van der Waals surface area contributed by atoms with Crippen molar-refractivity contribution in [3.8, 4) is 5.75 Å². The lowest BCUT2D eigenvalue weighted by Gasteiger charge is -2.40. The Balaban J connectivity index is 1.58. The van der Waals surface area contributed by atoms with Gasteiger partial charge in [0.25, 0.3) is 0 Å². The molecule has 0 N–H and O–H groups in total. The minimum atomic E-state index is 0.191. The topological polar surface area (TPSA) is 24.9 Å². The summed E-state index contributed by atoms with van der Waals surface area (Å²) in [6.07, 6.45) is 6.01. The fourth-order valence-corrected chi connectivity index (χ4v) is 4.31. The average Bonchev–Trinajstić information content (AvgIpc) is 3.13. The molecule has 3 rings (SSSR count). The molecule has 2 heterocycles. The largest absolute Gasteiger partial charge is 0.494 e. The first-order valence-corrected chi connectivity index (χ1v) is 9.86. The van der Waals surface area contributed by atoms with Crippen LogP contribution in [0.25, 0.3) is 0 Å². The quantitative estimate of drug-likeness (QED) is 0.675. The van der Waals surface area contributed by atoms with Crippen molar-refractivity contribution in [1.29, 1.82) is 0 Å². The second-order valence-corrected chi connectivity index (χ2v) is 7.91. The van der Waals surface area contributed by atoms with Crippen LogP contribution in [0, 0.1) is 0 Å². The fourth-order valence-electron chi connectivity index (χ4n) is 4.31. The van der Waals surface area contributed by atoms with Gasteiger partial charge in [0.1, 0.15) is 5.75 Å². The van der Waals surface area contributed by atoms with E-state index in [0.29, 0.717) is 0 Å². The van der Waals surface area contributed by atoms with E-state index in [1.807, 2.05) is 0 Å².